The van der Waals surface area contributed by atoms with E-state index in [1.807, 2.05) is 6.92 Å². The van der Waals surface area contributed by atoms with E-state index in [-0.39, 0.29) is 12.4 Å². The maximum absolute atomic E-state index is 12.9. The number of rotatable bonds is 5. The first-order chi connectivity index (χ1) is 9.43. The maximum Gasteiger partial charge on any atom is 0.252 e. The average molecular weight is 313 g/mol. The van der Waals surface area contributed by atoms with Gasteiger partial charge in [0.15, 0.2) is 0 Å². The molecule has 0 aliphatic rings. The van der Waals surface area contributed by atoms with Crippen LogP contribution in [0.4, 0.5) is 4.39 Å². The van der Waals surface area contributed by atoms with E-state index >= 15 is 0 Å². The molecule has 6 heteroatoms. The summed E-state index contributed by atoms with van der Waals surface area (Å²) in [5.74, 6) is -0.325. The van der Waals surface area contributed by atoms with Crippen molar-refractivity contribution in [3.8, 4) is 0 Å². The largest absolute Gasteiger partial charge is 0.252 e. The smallest absolute Gasteiger partial charge is 0.207 e. The predicted molar refractivity (Wildman–Crippen MR) is 78.7 cm³/mol. The Hall–Kier alpha value is -1.24. The van der Waals surface area contributed by atoms with Crippen molar-refractivity contribution in [2.75, 3.05) is 6.54 Å². The van der Waals surface area contributed by atoms with Crippen LogP contribution in [-0.4, -0.2) is 19.3 Å². The second-order valence-electron chi connectivity index (χ2n) is 4.42. The molecule has 0 radical (unpaired) electrons. The predicted octanol–water partition coefficient (Wildman–Crippen LogP) is 3.41. The number of sulfonamides is 1. The summed E-state index contributed by atoms with van der Waals surface area (Å²) >= 11 is 1.26. The van der Waals surface area contributed by atoms with Gasteiger partial charge in [0.05, 0.1) is 0 Å². The molecule has 0 bridgehead atoms. The lowest BCUT2D eigenvalue weighted by molar-refractivity contribution is 0.424. The SMILES string of the molecule is CCN(Cc1ccc(F)cc1)S(=O)(=O)c1ccc(C)s1. The van der Waals surface area contributed by atoms with Crippen LogP contribution in [0.25, 0.3) is 0 Å². The van der Waals surface area contributed by atoms with E-state index in [4.69, 9.17) is 0 Å². The molecule has 3 nitrogen and oxygen atoms in total. The van der Waals surface area contributed by atoms with Gasteiger partial charge in [-0.05, 0) is 36.8 Å². The Balaban J connectivity index is 2.25. The van der Waals surface area contributed by atoms with Crippen LogP contribution in [-0.2, 0) is 16.6 Å². The van der Waals surface area contributed by atoms with Gasteiger partial charge in [0.25, 0.3) is 10.0 Å². The van der Waals surface area contributed by atoms with E-state index in [0.717, 1.165) is 10.4 Å². The van der Waals surface area contributed by atoms with Gasteiger partial charge in [-0.1, -0.05) is 19.1 Å². The van der Waals surface area contributed by atoms with E-state index < -0.39 is 10.0 Å². The molecule has 0 saturated heterocycles. The fourth-order valence-corrected chi connectivity index (χ4v) is 4.71. The number of aryl methyl sites for hydroxylation is 1. The van der Waals surface area contributed by atoms with Crippen LogP contribution >= 0.6 is 11.3 Å². The molecule has 2 aromatic rings. The number of benzene rings is 1. The van der Waals surface area contributed by atoms with Crippen LogP contribution in [0.2, 0.25) is 0 Å². The van der Waals surface area contributed by atoms with Gasteiger partial charge in [-0.2, -0.15) is 4.31 Å². The number of hydrogen-bond acceptors (Lipinski definition) is 3. The summed E-state index contributed by atoms with van der Waals surface area (Å²) in [5.41, 5.74) is 0.769. The highest BCUT2D eigenvalue weighted by Gasteiger charge is 2.24. The van der Waals surface area contributed by atoms with Crippen molar-refractivity contribution in [2.45, 2.75) is 24.6 Å². The van der Waals surface area contributed by atoms with Crippen molar-refractivity contribution < 1.29 is 12.8 Å². The monoisotopic (exact) mass is 313 g/mol. The van der Waals surface area contributed by atoms with E-state index in [9.17, 15) is 12.8 Å². The van der Waals surface area contributed by atoms with Crippen molar-refractivity contribution in [1.29, 1.82) is 0 Å². The van der Waals surface area contributed by atoms with Crippen LogP contribution in [0.1, 0.15) is 17.4 Å². The zero-order valence-electron chi connectivity index (χ0n) is 11.3. The number of nitrogens with zero attached hydrogens (tertiary/aromatic N) is 1. The number of hydrogen-bond donors (Lipinski definition) is 0. The quantitative estimate of drug-likeness (QED) is 0.848. The molecule has 108 valence electrons. The first-order valence-corrected chi connectivity index (χ1v) is 8.50. The summed E-state index contributed by atoms with van der Waals surface area (Å²) in [4.78, 5) is 0.960. The summed E-state index contributed by atoms with van der Waals surface area (Å²) in [6, 6.07) is 9.31. The lowest BCUT2D eigenvalue weighted by Crippen LogP contribution is -2.29. The number of halogens is 1. The molecule has 20 heavy (non-hydrogen) atoms. The second-order valence-corrected chi connectivity index (χ2v) is 7.88. The zero-order chi connectivity index (χ0) is 14.8. The summed E-state index contributed by atoms with van der Waals surface area (Å²) in [7, 11) is -3.48. The van der Waals surface area contributed by atoms with Crippen molar-refractivity contribution in [2.24, 2.45) is 0 Å². The second kappa shape index (κ2) is 6.03. The third-order valence-electron chi connectivity index (χ3n) is 2.93. The molecule has 0 unspecified atom stereocenters. The molecule has 0 atom stereocenters. The molecule has 0 amide bonds. The minimum absolute atomic E-state index is 0.246. The highest BCUT2D eigenvalue weighted by atomic mass is 32.2. The summed E-state index contributed by atoms with van der Waals surface area (Å²) < 4.78 is 39.6. The van der Waals surface area contributed by atoms with Gasteiger partial charge < -0.3 is 0 Å². The topological polar surface area (TPSA) is 37.4 Å². The Morgan fingerprint density at radius 3 is 2.30 bits per heavy atom. The van der Waals surface area contributed by atoms with Crippen LogP contribution < -0.4 is 0 Å². The molecule has 0 N–H and O–H groups in total. The Morgan fingerprint density at radius 1 is 1.15 bits per heavy atom. The average Bonchev–Trinajstić information content (AvgIpc) is 2.85. The fourth-order valence-electron chi connectivity index (χ4n) is 1.84. The van der Waals surface area contributed by atoms with Gasteiger partial charge >= 0.3 is 0 Å². The number of thiophene rings is 1. The van der Waals surface area contributed by atoms with Crippen LogP contribution in [0.3, 0.4) is 0 Å². The minimum Gasteiger partial charge on any atom is -0.207 e. The lowest BCUT2D eigenvalue weighted by atomic mass is 10.2. The van der Waals surface area contributed by atoms with Crippen LogP contribution in [0, 0.1) is 12.7 Å². The standard InChI is InChI=1S/C14H16FNO2S2/c1-3-16(10-12-5-7-13(15)8-6-12)20(17,18)14-9-4-11(2)19-14/h4-9H,3,10H2,1-2H3. The molecular formula is C14H16FNO2S2. The first-order valence-electron chi connectivity index (χ1n) is 6.24. The van der Waals surface area contributed by atoms with Gasteiger partial charge in [0, 0.05) is 18.0 Å². The van der Waals surface area contributed by atoms with E-state index in [1.165, 1.54) is 27.8 Å². The summed E-state index contributed by atoms with van der Waals surface area (Å²) in [6.07, 6.45) is 0. The van der Waals surface area contributed by atoms with Crippen LogP contribution in [0.15, 0.2) is 40.6 Å². The van der Waals surface area contributed by atoms with E-state index in [0.29, 0.717) is 10.8 Å². The van der Waals surface area contributed by atoms with Gasteiger partial charge in [-0.15, -0.1) is 11.3 Å². The Bertz CT molecular complexity index is 677. The fraction of sp³-hybridized carbons (Fsp3) is 0.286. The van der Waals surface area contributed by atoms with Crippen LogP contribution in [0.5, 0.6) is 0 Å². The van der Waals surface area contributed by atoms with Crippen molar-refractivity contribution in [3.63, 3.8) is 0 Å². The highest BCUT2D eigenvalue weighted by Crippen LogP contribution is 2.25. The van der Waals surface area contributed by atoms with Gasteiger partial charge in [0.1, 0.15) is 10.0 Å². The third-order valence-corrected chi connectivity index (χ3v) is 6.32. The maximum atomic E-state index is 12.9. The molecule has 0 spiro atoms. The Morgan fingerprint density at radius 2 is 1.80 bits per heavy atom. The van der Waals surface area contributed by atoms with Gasteiger partial charge in [-0.25, -0.2) is 12.8 Å². The Labute approximate surface area is 122 Å². The van der Waals surface area contributed by atoms with E-state index in [2.05, 4.69) is 0 Å². The molecule has 0 saturated carbocycles. The van der Waals surface area contributed by atoms with Gasteiger partial charge in [-0.3, -0.25) is 0 Å². The summed E-state index contributed by atoms with van der Waals surface area (Å²) in [6.45, 7) is 4.29. The molecule has 0 fully saturated rings. The molecule has 1 aromatic heterocycles. The van der Waals surface area contributed by atoms with E-state index in [1.54, 1.807) is 31.2 Å². The molecule has 2 rings (SSSR count). The zero-order valence-corrected chi connectivity index (χ0v) is 13.0. The van der Waals surface area contributed by atoms with Crippen molar-refractivity contribution >= 4 is 21.4 Å². The van der Waals surface area contributed by atoms with Gasteiger partial charge in [0.2, 0.25) is 0 Å². The lowest BCUT2D eigenvalue weighted by Gasteiger charge is -2.19. The van der Waals surface area contributed by atoms with Crippen molar-refractivity contribution in [3.05, 3.63) is 52.7 Å². The molecule has 0 aliphatic heterocycles. The normalized spacial score (nSPS) is 12.0. The highest BCUT2D eigenvalue weighted by molar-refractivity contribution is 7.91. The first kappa shape index (κ1) is 15.2. The Kier molecular flexibility index (Phi) is 4.57. The molecular weight excluding hydrogens is 297 g/mol. The summed E-state index contributed by atoms with van der Waals surface area (Å²) in [5, 5.41) is 0. The molecule has 1 heterocycles. The van der Waals surface area contributed by atoms with Crippen molar-refractivity contribution in [1.82, 2.24) is 4.31 Å². The minimum atomic E-state index is -3.48. The third kappa shape index (κ3) is 3.26. The molecule has 0 aliphatic carbocycles. The molecule has 1 aromatic carbocycles.